The Bertz CT molecular complexity index is 1200. The molecule has 2 amide bonds. The second-order valence-corrected chi connectivity index (χ2v) is 8.81. The molecule has 3 heterocycles. The van der Waals surface area contributed by atoms with Gasteiger partial charge in [-0.25, -0.2) is 18.3 Å². The summed E-state index contributed by atoms with van der Waals surface area (Å²) in [5.74, 6) is -2.07. The number of anilines is 1. The number of nitrogens with zero attached hydrogens (tertiary/aromatic N) is 4. The molecule has 5 rings (SSSR count). The van der Waals surface area contributed by atoms with Gasteiger partial charge in [0.05, 0.1) is 22.3 Å². The number of carbonyl (C=O) groups is 2. The molecule has 2 aliphatic rings. The Hall–Kier alpha value is -3.07. The van der Waals surface area contributed by atoms with E-state index in [2.05, 4.69) is 15.4 Å². The lowest BCUT2D eigenvalue weighted by atomic mass is 9.71. The van der Waals surface area contributed by atoms with E-state index in [0.717, 1.165) is 12.1 Å². The van der Waals surface area contributed by atoms with E-state index in [-0.39, 0.29) is 28.6 Å². The molecule has 32 heavy (non-hydrogen) atoms. The molecule has 1 saturated heterocycles. The van der Waals surface area contributed by atoms with E-state index >= 15 is 0 Å². The molecule has 7 nitrogen and oxygen atoms in total. The average molecular weight is 460 g/mol. The van der Waals surface area contributed by atoms with E-state index in [4.69, 9.17) is 11.6 Å². The smallest absolute Gasteiger partial charge is 0.256 e. The maximum Gasteiger partial charge on any atom is 0.256 e. The molecule has 166 valence electrons. The van der Waals surface area contributed by atoms with Crippen molar-refractivity contribution in [1.29, 1.82) is 0 Å². The number of benzene rings is 1. The summed E-state index contributed by atoms with van der Waals surface area (Å²) < 4.78 is 29.3. The molecule has 1 spiro atoms. The molecular formula is C22H20ClF2N5O2. The Labute approximate surface area is 187 Å². The number of hydrogen-bond donors (Lipinski definition) is 1. The van der Waals surface area contributed by atoms with E-state index in [0.29, 0.717) is 49.9 Å². The van der Waals surface area contributed by atoms with Crippen LogP contribution in [0.1, 0.15) is 42.5 Å². The summed E-state index contributed by atoms with van der Waals surface area (Å²) >= 11 is 6.04. The largest absolute Gasteiger partial charge is 0.349 e. The Balaban J connectivity index is 1.26. The van der Waals surface area contributed by atoms with Crippen LogP contribution >= 0.6 is 11.6 Å². The van der Waals surface area contributed by atoms with Gasteiger partial charge in [-0.1, -0.05) is 11.6 Å². The van der Waals surface area contributed by atoms with Crippen molar-refractivity contribution < 1.29 is 18.4 Å². The average Bonchev–Trinajstić information content (AvgIpc) is 3.32. The maximum absolute atomic E-state index is 14.4. The summed E-state index contributed by atoms with van der Waals surface area (Å²) in [7, 11) is 0. The first kappa shape index (κ1) is 20.8. The minimum atomic E-state index is -0.844. The molecule has 1 aromatic carbocycles. The van der Waals surface area contributed by atoms with Gasteiger partial charge in [0.25, 0.3) is 5.91 Å². The van der Waals surface area contributed by atoms with Crippen molar-refractivity contribution in [2.24, 2.45) is 5.41 Å². The molecule has 0 unspecified atom stereocenters. The quantitative estimate of drug-likeness (QED) is 0.647. The number of carbonyl (C=O) groups excluding carboxylic acids is 2. The third-order valence-electron chi connectivity index (χ3n) is 6.57. The van der Waals surface area contributed by atoms with E-state index in [1.165, 1.54) is 15.6 Å². The Kier molecular flexibility index (Phi) is 5.08. The molecule has 2 fully saturated rings. The van der Waals surface area contributed by atoms with E-state index in [9.17, 15) is 18.4 Å². The van der Waals surface area contributed by atoms with Crippen LogP contribution in [0.2, 0.25) is 5.02 Å². The number of aromatic nitrogens is 3. The van der Waals surface area contributed by atoms with Gasteiger partial charge < -0.3 is 10.2 Å². The molecule has 1 aliphatic carbocycles. The number of hydrogen-bond acceptors (Lipinski definition) is 4. The molecule has 3 aromatic rings. The zero-order chi connectivity index (χ0) is 22.5. The van der Waals surface area contributed by atoms with Crippen LogP contribution in [-0.2, 0) is 4.79 Å². The van der Waals surface area contributed by atoms with Crippen LogP contribution in [0.25, 0.3) is 5.65 Å². The first-order valence-corrected chi connectivity index (χ1v) is 10.8. The van der Waals surface area contributed by atoms with Crippen LogP contribution in [0.5, 0.6) is 0 Å². The third-order valence-corrected chi connectivity index (χ3v) is 6.85. The standard InChI is InChI=1S/C22H20ClF2N5O2/c23-16-10-13(24)11-17(25)18(16)29-9-6-22(21(29)32)4-2-14(3-5-22)28-20(31)15-12-27-30-8-1-7-26-19(15)30/h1,7-8,10-12,14H,2-6,9H2,(H,28,31). The predicted molar refractivity (Wildman–Crippen MR) is 113 cm³/mol. The number of nitrogens with one attached hydrogen (secondary N) is 1. The number of rotatable bonds is 3. The highest BCUT2D eigenvalue weighted by molar-refractivity contribution is 6.34. The van der Waals surface area contributed by atoms with Gasteiger partial charge in [-0.05, 0) is 44.2 Å². The van der Waals surface area contributed by atoms with Crippen molar-refractivity contribution in [2.45, 2.75) is 38.1 Å². The molecule has 2 aromatic heterocycles. The molecular weight excluding hydrogens is 440 g/mol. The normalized spacial score (nSPS) is 23.3. The van der Waals surface area contributed by atoms with Gasteiger partial charge in [0.2, 0.25) is 5.91 Å². The monoisotopic (exact) mass is 459 g/mol. The van der Waals surface area contributed by atoms with Gasteiger partial charge in [-0.2, -0.15) is 5.10 Å². The second-order valence-electron chi connectivity index (χ2n) is 8.40. The molecule has 0 radical (unpaired) electrons. The van der Waals surface area contributed by atoms with E-state index in [1.807, 2.05) is 0 Å². The first-order chi connectivity index (χ1) is 15.4. The lowest BCUT2D eigenvalue weighted by Crippen LogP contribution is -2.44. The van der Waals surface area contributed by atoms with Crippen LogP contribution in [0.4, 0.5) is 14.5 Å². The van der Waals surface area contributed by atoms with Crippen molar-refractivity contribution >= 4 is 34.7 Å². The van der Waals surface area contributed by atoms with Crippen molar-refractivity contribution in [3.05, 3.63) is 59.0 Å². The van der Waals surface area contributed by atoms with Crippen LogP contribution in [0.3, 0.4) is 0 Å². The van der Waals surface area contributed by atoms with E-state index in [1.54, 1.807) is 18.5 Å². The Morgan fingerprint density at radius 1 is 1.22 bits per heavy atom. The maximum atomic E-state index is 14.4. The summed E-state index contributed by atoms with van der Waals surface area (Å²) in [5.41, 5.74) is 0.204. The van der Waals surface area contributed by atoms with Crippen molar-refractivity contribution in [2.75, 3.05) is 11.4 Å². The summed E-state index contributed by atoms with van der Waals surface area (Å²) in [5, 5.41) is 7.04. The van der Waals surface area contributed by atoms with Gasteiger partial charge in [0, 0.05) is 31.0 Å². The van der Waals surface area contributed by atoms with Crippen molar-refractivity contribution in [3.63, 3.8) is 0 Å². The topological polar surface area (TPSA) is 79.6 Å². The zero-order valence-electron chi connectivity index (χ0n) is 17.0. The highest BCUT2D eigenvalue weighted by Crippen LogP contribution is 2.47. The fourth-order valence-electron chi connectivity index (χ4n) is 4.86. The Morgan fingerprint density at radius 3 is 2.75 bits per heavy atom. The van der Waals surface area contributed by atoms with Crippen LogP contribution in [-0.4, -0.2) is 39.0 Å². The highest BCUT2D eigenvalue weighted by Gasteiger charge is 2.49. The fourth-order valence-corrected chi connectivity index (χ4v) is 5.15. The Morgan fingerprint density at radius 2 is 2.00 bits per heavy atom. The number of fused-ring (bicyclic) bond motifs is 1. The lowest BCUT2D eigenvalue weighted by Gasteiger charge is -2.36. The van der Waals surface area contributed by atoms with Gasteiger partial charge in [-0.3, -0.25) is 9.59 Å². The summed E-state index contributed by atoms with van der Waals surface area (Å²) in [6.45, 7) is 0.326. The SMILES string of the molecule is O=C(NC1CCC2(CC1)CCN(c1c(F)cc(F)cc1Cl)C2=O)c1cnn2cccnc12. The number of amides is 2. The highest BCUT2D eigenvalue weighted by atomic mass is 35.5. The van der Waals surface area contributed by atoms with Gasteiger partial charge in [0.15, 0.2) is 11.5 Å². The fraction of sp³-hybridized carbons (Fsp3) is 0.364. The molecule has 0 bridgehead atoms. The second kappa shape index (κ2) is 7.81. The summed E-state index contributed by atoms with van der Waals surface area (Å²) in [4.78, 5) is 31.5. The van der Waals surface area contributed by atoms with Crippen LogP contribution in [0, 0.1) is 17.0 Å². The number of halogens is 3. The summed E-state index contributed by atoms with van der Waals surface area (Å²) in [6, 6.07) is 3.40. The first-order valence-electron chi connectivity index (χ1n) is 10.4. The van der Waals surface area contributed by atoms with Gasteiger partial charge in [-0.15, -0.1) is 0 Å². The van der Waals surface area contributed by atoms with E-state index < -0.39 is 17.0 Å². The minimum Gasteiger partial charge on any atom is -0.349 e. The van der Waals surface area contributed by atoms with Gasteiger partial charge >= 0.3 is 0 Å². The zero-order valence-corrected chi connectivity index (χ0v) is 17.8. The van der Waals surface area contributed by atoms with Crippen molar-refractivity contribution in [3.8, 4) is 0 Å². The third kappa shape index (κ3) is 3.40. The van der Waals surface area contributed by atoms with Crippen LogP contribution in [0.15, 0.2) is 36.8 Å². The molecule has 1 saturated carbocycles. The molecule has 10 heteroatoms. The predicted octanol–water partition coefficient (Wildman–Crippen LogP) is 3.76. The van der Waals surface area contributed by atoms with Crippen LogP contribution < -0.4 is 10.2 Å². The molecule has 1 N–H and O–H groups in total. The van der Waals surface area contributed by atoms with Gasteiger partial charge in [0.1, 0.15) is 11.4 Å². The van der Waals surface area contributed by atoms with Crippen molar-refractivity contribution in [1.82, 2.24) is 19.9 Å². The molecule has 0 atom stereocenters. The minimum absolute atomic E-state index is 0.0639. The molecule has 1 aliphatic heterocycles. The summed E-state index contributed by atoms with van der Waals surface area (Å²) in [6.07, 6.45) is 7.76. The lowest BCUT2D eigenvalue weighted by molar-refractivity contribution is -0.127.